The molecule has 0 saturated carbocycles. The van der Waals surface area contributed by atoms with E-state index < -0.39 is 0 Å². The monoisotopic (exact) mass is 368 g/mol. The summed E-state index contributed by atoms with van der Waals surface area (Å²) in [6, 6.07) is 19.1. The molecule has 0 amide bonds. The van der Waals surface area contributed by atoms with E-state index in [9.17, 15) is 0 Å². The van der Waals surface area contributed by atoms with Crippen molar-refractivity contribution < 1.29 is 0 Å². The van der Waals surface area contributed by atoms with E-state index in [-0.39, 0.29) is 0 Å². The van der Waals surface area contributed by atoms with Gasteiger partial charge in [-0.1, -0.05) is 65.3 Å². The first kappa shape index (κ1) is 16.0. The van der Waals surface area contributed by atoms with Gasteiger partial charge in [-0.3, -0.25) is 0 Å². The van der Waals surface area contributed by atoms with Gasteiger partial charge in [0.1, 0.15) is 5.82 Å². The maximum Gasteiger partial charge on any atom is 0.114 e. The van der Waals surface area contributed by atoms with Gasteiger partial charge in [-0.15, -0.1) is 0 Å². The zero-order chi connectivity index (χ0) is 16.2. The number of halogens is 1. The highest BCUT2D eigenvalue weighted by Gasteiger charge is 2.17. The predicted octanol–water partition coefficient (Wildman–Crippen LogP) is 5.61. The number of nitrogens with zero attached hydrogens (tertiary/aromatic N) is 1. The van der Waals surface area contributed by atoms with Crippen LogP contribution in [-0.4, -0.2) is 9.97 Å². The molecule has 0 aliphatic rings. The number of hydrogen-bond acceptors (Lipinski definition) is 1. The van der Waals surface area contributed by atoms with Crippen LogP contribution in [0.5, 0.6) is 0 Å². The molecule has 0 spiro atoms. The summed E-state index contributed by atoms with van der Waals surface area (Å²) in [6.07, 6.45) is 1.90. The molecule has 0 aliphatic heterocycles. The number of nitrogens with one attached hydrogen (secondary N) is 1. The van der Waals surface area contributed by atoms with E-state index in [0.717, 1.165) is 34.5 Å². The molecule has 0 fully saturated rings. The number of imidazole rings is 1. The molecular weight excluding hydrogens is 348 g/mol. The summed E-state index contributed by atoms with van der Waals surface area (Å²) in [4.78, 5) is 8.41. The molecule has 0 radical (unpaired) electrons. The Bertz CT molecular complexity index is 760. The number of hydrogen-bond donors (Lipinski definition) is 1. The van der Waals surface area contributed by atoms with E-state index in [1.165, 1.54) is 11.1 Å². The average molecular weight is 369 g/mol. The third kappa shape index (κ3) is 3.73. The topological polar surface area (TPSA) is 28.7 Å². The largest absolute Gasteiger partial charge is 0.345 e. The molecule has 1 N–H and O–H groups in total. The lowest BCUT2D eigenvalue weighted by molar-refractivity contribution is 0.726. The summed E-state index contributed by atoms with van der Waals surface area (Å²) in [7, 11) is 0. The Morgan fingerprint density at radius 3 is 2.39 bits per heavy atom. The van der Waals surface area contributed by atoms with Crippen molar-refractivity contribution in [2.24, 2.45) is 0 Å². The highest BCUT2D eigenvalue weighted by Crippen LogP contribution is 2.27. The first-order chi connectivity index (χ1) is 11.2. The van der Waals surface area contributed by atoms with Gasteiger partial charge in [-0.2, -0.15) is 0 Å². The normalized spacial score (nSPS) is 12.3. The van der Waals surface area contributed by atoms with Crippen LogP contribution in [0.25, 0.3) is 0 Å². The summed E-state index contributed by atoms with van der Waals surface area (Å²) in [5.74, 6) is 1.40. The van der Waals surface area contributed by atoms with Gasteiger partial charge in [-0.25, -0.2) is 4.98 Å². The third-order valence-corrected chi connectivity index (χ3v) is 4.76. The molecule has 1 unspecified atom stereocenters. The molecule has 118 valence electrons. The van der Waals surface area contributed by atoms with Gasteiger partial charge in [0, 0.05) is 22.5 Å². The third-order valence-electron chi connectivity index (χ3n) is 4.23. The van der Waals surface area contributed by atoms with Crippen LogP contribution < -0.4 is 0 Å². The SMILES string of the molecule is CCC(c1ccccc1)c1nc(Cc2ccc(Br)cc2)c(C)[nH]1. The van der Waals surface area contributed by atoms with Gasteiger partial charge in [0.15, 0.2) is 0 Å². The summed E-state index contributed by atoms with van der Waals surface area (Å²) >= 11 is 3.48. The van der Waals surface area contributed by atoms with Gasteiger partial charge >= 0.3 is 0 Å². The zero-order valence-corrected chi connectivity index (χ0v) is 15.1. The minimum Gasteiger partial charge on any atom is -0.345 e. The molecule has 1 heterocycles. The van der Waals surface area contributed by atoms with E-state index in [2.05, 4.69) is 89.4 Å². The number of H-pyrrole nitrogens is 1. The minimum atomic E-state index is 0.327. The first-order valence-corrected chi connectivity index (χ1v) is 8.81. The highest BCUT2D eigenvalue weighted by atomic mass is 79.9. The Morgan fingerprint density at radius 1 is 1.04 bits per heavy atom. The van der Waals surface area contributed by atoms with E-state index >= 15 is 0 Å². The number of aromatic amines is 1. The summed E-state index contributed by atoms with van der Waals surface area (Å²) < 4.78 is 1.11. The zero-order valence-electron chi connectivity index (χ0n) is 13.5. The minimum absolute atomic E-state index is 0.327. The van der Waals surface area contributed by atoms with E-state index in [1.54, 1.807) is 0 Å². The molecule has 3 heteroatoms. The molecule has 1 aromatic heterocycles. The number of aryl methyl sites for hydroxylation is 1. The average Bonchev–Trinajstić information content (AvgIpc) is 2.92. The number of benzene rings is 2. The van der Waals surface area contributed by atoms with Crippen molar-refractivity contribution in [2.75, 3.05) is 0 Å². The Kier molecular flexibility index (Phi) is 4.97. The Labute approximate surface area is 146 Å². The standard InChI is InChI=1S/C20H21BrN2/c1-3-18(16-7-5-4-6-8-16)20-22-14(2)19(23-20)13-15-9-11-17(21)12-10-15/h4-12,18H,3,13H2,1-2H3,(H,22,23). The second-order valence-electron chi connectivity index (χ2n) is 5.87. The van der Waals surface area contributed by atoms with Crippen LogP contribution in [0.3, 0.4) is 0 Å². The first-order valence-electron chi connectivity index (χ1n) is 8.02. The molecule has 1 atom stereocenters. The Balaban J connectivity index is 1.86. The number of rotatable bonds is 5. The van der Waals surface area contributed by atoms with Crippen molar-refractivity contribution in [3.05, 3.63) is 87.4 Å². The van der Waals surface area contributed by atoms with Crippen LogP contribution in [0.1, 0.15) is 47.6 Å². The van der Waals surface area contributed by atoms with Crippen LogP contribution in [0.2, 0.25) is 0 Å². The fourth-order valence-corrected chi connectivity index (χ4v) is 3.19. The molecule has 0 aliphatic carbocycles. The van der Waals surface area contributed by atoms with Gasteiger partial charge in [-0.05, 0) is 36.6 Å². The van der Waals surface area contributed by atoms with E-state index in [0.29, 0.717) is 5.92 Å². The van der Waals surface area contributed by atoms with Crippen LogP contribution in [-0.2, 0) is 6.42 Å². The molecule has 23 heavy (non-hydrogen) atoms. The molecule has 2 aromatic carbocycles. The van der Waals surface area contributed by atoms with Crippen molar-refractivity contribution in [1.29, 1.82) is 0 Å². The van der Waals surface area contributed by atoms with Crippen molar-refractivity contribution in [3.8, 4) is 0 Å². The molecule has 0 bridgehead atoms. The lowest BCUT2D eigenvalue weighted by atomic mass is 9.96. The van der Waals surface area contributed by atoms with E-state index in [4.69, 9.17) is 4.98 Å². The summed E-state index contributed by atoms with van der Waals surface area (Å²) in [5.41, 5.74) is 4.90. The highest BCUT2D eigenvalue weighted by molar-refractivity contribution is 9.10. The van der Waals surface area contributed by atoms with Crippen molar-refractivity contribution >= 4 is 15.9 Å². The van der Waals surface area contributed by atoms with Crippen molar-refractivity contribution in [1.82, 2.24) is 9.97 Å². The Morgan fingerprint density at radius 2 is 1.74 bits per heavy atom. The molecule has 3 rings (SSSR count). The molecular formula is C20H21BrN2. The smallest absolute Gasteiger partial charge is 0.114 e. The van der Waals surface area contributed by atoms with Crippen LogP contribution >= 0.6 is 15.9 Å². The fourth-order valence-electron chi connectivity index (χ4n) is 2.93. The maximum absolute atomic E-state index is 4.91. The maximum atomic E-state index is 4.91. The van der Waals surface area contributed by atoms with Gasteiger partial charge in [0.25, 0.3) is 0 Å². The molecule has 2 nitrogen and oxygen atoms in total. The summed E-state index contributed by atoms with van der Waals surface area (Å²) in [5, 5.41) is 0. The second-order valence-corrected chi connectivity index (χ2v) is 6.78. The van der Waals surface area contributed by atoms with Crippen molar-refractivity contribution in [2.45, 2.75) is 32.6 Å². The van der Waals surface area contributed by atoms with E-state index in [1.807, 2.05) is 0 Å². The van der Waals surface area contributed by atoms with Gasteiger partial charge in [0.05, 0.1) is 5.69 Å². The van der Waals surface area contributed by atoms with Crippen LogP contribution in [0, 0.1) is 6.92 Å². The van der Waals surface area contributed by atoms with Crippen LogP contribution in [0.15, 0.2) is 59.1 Å². The van der Waals surface area contributed by atoms with Gasteiger partial charge < -0.3 is 4.98 Å². The molecule has 3 aromatic rings. The van der Waals surface area contributed by atoms with Crippen LogP contribution in [0.4, 0.5) is 0 Å². The molecule has 0 saturated heterocycles. The summed E-state index contributed by atoms with van der Waals surface area (Å²) in [6.45, 7) is 4.33. The predicted molar refractivity (Wildman–Crippen MR) is 98.8 cm³/mol. The fraction of sp³-hybridized carbons (Fsp3) is 0.250. The lowest BCUT2D eigenvalue weighted by Crippen LogP contribution is -2.02. The Hall–Kier alpha value is -1.87. The number of aromatic nitrogens is 2. The lowest BCUT2D eigenvalue weighted by Gasteiger charge is -2.12. The quantitative estimate of drug-likeness (QED) is 0.622. The van der Waals surface area contributed by atoms with Gasteiger partial charge in [0.2, 0.25) is 0 Å². The van der Waals surface area contributed by atoms with Crippen molar-refractivity contribution in [3.63, 3.8) is 0 Å². The second kappa shape index (κ2) is 7.14.